The van der Waals surface area contributed by atoms with Crippen molar-refractivity contribution in [1.29, 1.82) is 0 Å². The number of nitrogens with one attached hydrogen (secondary N) is 2. The number of halogens is 1. The number of benzene rings is 1. The number of hydrogen-bond acceptors (Lipinski definition) is 3. The van der Waals surface area contributed by atoms with E-state index in [0.717, 1.165) is 5.56 Å². The van der Waals surface area contributed by atoms with Gasteiger partial charge in [-0.3, -0.25) is 14.5 Å². The predicted molar refractivity (Wildman–Crippen MR) is 98.4 cm³/mol. The zero-order valence-electron chi connectivity index (χ0n) is 14.4. The fourth-order valence-electron chi connectivity index (χ4n) is 3.67. The van der Waals surface area contributed by atoms with Gasteiger partial charge in [0.25, 0.3) is 0 Å². The summed E-state index contributed by atoms with van der Waals surface area (Å²) in [6.45, 7) is 4.14. The van der Waals surface area contributed by atoms with Crippen LogP contribution in [0, 0.1) is 11.8 Å². The van der Waals surface area contributed by atoms with Gasteiger partial charge in [-0.1, -0.05) is 35.9 Å². The van der Waals surface area contributed by atoms with Gasteiger partial charge in [-0.05, 0) is 30.9 Å². The maximum absolute atomic E-state index is 12.5. The first-order chi connectivity index (χ1) is 12.5. The van der Waals surface area contributed by atoms with Gasteiger partial charge in [-0.15, -0.1) is 6.58 Å². The Kier molecular flexibility index (Phi) is 5.61. The van der Waals surface area contributed by atoms with Crippen LogP contribution in [0.2, 0.25) is 5.02 Å². The molecule has 0 spiro atoms. The highest BCUT2D eigenvalue weighted by molar-refractivity contribution is 6.31. The number of hydrogen-bond donors (Lipinski definition) is 2. The standard InChI is InChI=1S/C19H22ClN3O3/c1-2-9-23-18(25)14-8-7-12(10-16(14)22-19(23)26)17(24)21-11-13-5-3-4-6-15(13)20/h2-6,12,14,16H,1,7-11H2,(H,21,24)(H,22,26). The normalized spacial score (nSPS) is 25.3. The van der Waals surface area contributed by atoms with Gasteiger partial charge in [-0.2, -0.15) is 0 Å². The molecule has 0 radical (unpaired) electrons. The molecule has 1 aliphatic heterocycles. The number of fused-ring (bicyclic) bond motifs is 1. The molecule has 6 nitrogen and oxygen atoms in total. The number of rotatable bonds is 5. The van der Waals surface area contributed by atoms with E-state index in [1.54, 1.807) is 6.07 Å². The van der Waals surface area contributed by atoms with Crippen LogP contribution in [0.25, 0.3) is 0 Å². The molecule has 1 saturated heterocycles. The van der Waals surface area contributed by atoms with Crippen LogP contribution in [-0.2, 0) is 16.1 Å². The highest BCUT2D eigenvalue weighted by Crippen LogP contribution is 2.33. The summed E-state index contributed by atoms with van der Waals surface area (Å²) in [5.74, 6) is -0.731. The molecular formula is C19H22ClN3O3. The second-order valence-electron chi connectivity index (χ2n) is 6.72. The molecule has 7 heteroatoms. The highest BCUT2D eigenvalue weighted by atomic mass is 35.5. The molecule has 2 N–H and O–H groups in total. The zero-order chi connectivity index (χ0) is 18.7. The first-order valence-electron chi connectivity index (χ1n) is 8.75. The Morgan fingerprint density at radius 2 is 2.12 bits per heavy atom. The summed E-state index contributed by atoms with van der Waals surface area (Å²) in [4.78, 5) is 38.3. The van der Waals surface area contributed by atoms with Gasteiger partial charge in [0.05, 0.1) is 5.92 Å². The van der Waals surface area contributed by atoms with E-state index in [1.807, 2.05) is 18.2 Å². The van der Waals surface area contributed by atoms with E-state index in [-0.39, 0.29) is 36.2 Å². The number of carbonyl (C=O) groups is 3. The van der Waals surface area contributed by atoms with Crippen molar-refractivity contribution < 1.29 is 14.4 Å². The fraction of sp³-hybridized carbons (Fsp3) is 0.421. The molecule has 1 heterocycles. The summed E-state index contributed by atoms with van der Waals surface area (Å²) in [6.07, 6.45) is 3.21. The molecule has 0 aromatic heterocycles. The van der Waals surface area contributed by atoms with Crippen molar-refractivity contribution in [3.63, 3.8) is 0 Å². The largest absolute Gasteiger partial charge is 0.352 e. The highest BCUT2D eigenvalue weighted by Gasteiger charge is 2.44. The molecule has 3 rings (SSSR count). The number of carbonyl (C=O) groups excluding carboxylic acids is 3. The number of urea groups is 1. The Morgan fingerprint density at radius 3 is 2.85 bits per heavy atom. The first kappa shape index (κ1) is 18.5. The van der Waals surface area contributed by atoms with E-state index in [0.29, 0.717) is 30.8 Å². The Bertz CT molecular complexity index is 736. The van der Waals surface area contributed by atoms with Gasteiger partial charge in [0.2, 0.25) is 11.8 Å². The molecule has 3 unspecified atom stereocenters. The molecule has 1 aromatic carbocycles. The summed E-state index contributed by atoms with van der Waals surface area (Å²) >= 11 is 6.11. The SMILES string of the molecule is C=CCN1C(=O)NC2CC(C(=O)NCc3ccccc3Cl)CCC2C1=O. The van der Waals surface area contributed by atoms with E-state index in [4.69, 9.17) is 11.6 Å². The van der Waals surface area contributed by atoms with Crippen LogP contribution in [0.3, 0.4) is 0 Å². The monoisotopic (exact) mass is 375 g/mol. The van der Waals surface area contributed by atoms with Crippen LogP contribution in [0.15, 0.2) is 36.9 Å². The van der Waals surface area contributed by atoms with Crippen LogP contribution in [0.5, 0.6) is 0 Å². The molecule has 1 aromatic rings. The van der Waals surface area contributed by atoms with Crippen LogP contribution in [0.4, 0.5) is 4.79 Å². The molecular weight excluding hydrogens is 354 g/mol. The third kappa shape index (κ3) is 3.75. The van der Waals surface area contributed by atoms with Gasteiger partial charge in [0.15, 0.2) is 0 Å². The van der Waals surface area contributed by atoms with Gasteiger partial charge in [-0.25, -0.2) is 4.79 Å². The Morgan fingerprint density at radius 1 is 1.35 bits per heavy atom. The first-order valence-corrected chi connectivity index (χ1v) is 9.13. The van der Waals surface area contributed by atoms with Crippen molar-refractivity contribution in [3.8, 4) is 0 Å². The van der Waals surface area contributed by atoms with Crippen molar-refractivity contribution in [2.24, 2.45) is 11.8 Å². The zero-order valence-corrected chi connectivity index (χ0v) is 15.2. The van der Waals surface area contributed by atoms with Gasteiger partial charge in [0.1, 0.15) is 0 Å². The third-order valence-electron chi connectivity index (χ3n) is 5.08. The molecule has 4 amide bonds. The number of imide groups is 1. The second kappa shape index (κ2) is 7.91. The molecule has 2 fully saturated rings. The topological polar surface area (TPSA) is 78.5 Å². The van der Waals surface area contributed by atoms with Crippen molar-refractivity contribution in [3.05, 3.63) is 47.5 Å². The number of nitrogens with zero attached hydrogens (tertiary/aromatic N) is 1. The van der Waals surface area contributed by atoms with Gasteiger partial charge >= 0.3 is 6.03 Å². The van der Waals surface area contributed by atoms with Gasteiger partial charge in [0, 0.05) is 30.1 Å². The molecule has 26 heavy (non-hydrogen) atoms. The third-order valence-corrected chi connectivity index (χ3v) is 5.45. The maximum atomic E-state index is 12.5. The Balaban J connectivity index is 1.59. The lowest BCUT2D eigenvalue weighted by atomic mass is 9.76. The molecule has 0 bridgehead atoms. The summed E-state index contributed by atoms with van der Waals surface area (Å²) < 4.78 is 0. The fourth-order valence-corrected chi connectivity index (χ4v) is 3.87. The van der Waals surface area contributed by atoms with E-state index < -0.39 is 6.03 Å². The van der Waals surface area contributed by atoms with Crippen LogP contribution < -0.4 is 10.6 Å². The van der Waals surface area contributed by atoms with Crippen molar-refractivity contribution >= 4 is 29.4 Å². The molecule has 138 valence electrons. The van der Waals surface area contributed by atoms with E-state index in [9.17, 15) is 14.4 Å². The van der Waals surface area contributed by atoms with Gasteiger partial charge < -0.3 is 10.6 Å². The maximum Gasteiger partial charge on any atom is 0.324 e. The number of amides is 4. The van der Waals surface area contributed by atoms with E-state index in [1.165, 1.54) is 11.0 Å². The molecule has 1 saturated carbocycles. The van der Waals surface area contributed by atoms with Crippen LogP contribution in [-0.4, -0.2) is 35.3 Å². The quantitative estimate of drug-likeness (QED) is 0.776. The minimum absolute atomic E-state index is 0.0708. The predicted octanol–water partition coefficient (Wildman–Crippen LogP) is 2.48. The summed E-state index contributed by atoms with van der Waals surface area (Å²) in [7, 11) is 0. The Labute approximate surface area is 157 Å². The van der Waals surface area contributed by atoms with E-state index >= 15 is 0 Å². The minimum Gasteiger partial charge on any atom is -0.352 e. The van der Waals surface area contributed by atoms with E-state index in [2.05, 4.69) is 17.2 Å². The van der Waals surface area contributed by atoms with Crippen molar-refractivity contribution in [2.45, 2.75) is 31.8 Å². The second-order valence-corrected chi connectivity index (χ2v) is 7.13. The minimum atomic E-state index is -0.409. The average Bonchev–Trinajstić information content (AvgIpc) is 2.63. The Hall–Kier alpha value is -2.34. The molecule has 1 aliphatic carbocycles. The van der Waals surface area contributed by atoms with Crippen molar-refractivity contribution in [2.75, 3.05) is 6.54 Å². The van der Waals surface area contributed by atoms with Crippen molar-refractivity contribution in [1.82, 2.24) is 15.5 Å². The lowest BCUT2D eigenvalue weighted by molar-refractivity contribution is -0.138. The van der Waals surface area contributed by atoms with Crippen LogP contribution in [0.1, 0.15) is 24.8 Å². The molecule has 3 atom stereocenters. The van der Waals surface area contributed by atoms with Crippen LogP contribution >= 0.6 is 11.6 Å². The summed E-state index contributed by atoms with van der Waals surface area (Å²) in [6, 6.07) is 6.67. The lowest BCUT2D eigenvalue weighted by Gasteiger charge is -2.41. The smallest absolute Gasteiger partial charge is 0.324 e. The summed E-state index contributed by atoms with van der Waals surface area (Å²) in [5, 5.41) is 6.40. The summed E-state index contributed by atoms with van der Waals surface area (Å²) in [5.41, 5.74) is 0.859. The average molecular weight is 376 g/mol. The lowest BCUT2D eigenvalue weighted by Crippen LogP contribution is -2.62. The molecule has 2 aliphatic rings.